The van der Waals surface area contributed by atoms with Gasteiger partial charge >= 0.3 is 0 Å². The van der Waals surface area contributed by atoms with Gasteiger partial charge in [-0.25, -0.2) is 0 Å². The van der Waals surface area contributed by atoms with Gasteiger partial charge in [-0.1, -0.05) is 37.3 Å². The minimum atomic E-state index is -0.471. The second-order valence-electron chi connectivity index (χ2n) is 18.7. The van der Waals surface area contributed by atoms with Crippen LogP contribution < -0.4 is 10.6 Å². The van der Waals surface area contributed by atoms with E-state index in [-0.39, 0.29) is 29.7 Å². The molecule has 0 aromatic rings. The summed E-state index contributed by atoms with van der Waals surface area (Å²) >= 11 is 0. The molecule has 9 heteroatoms. The number of fused-ring (bicyclic) bond motifs is 1. The number of imide groups is 1. The fourth-order valence-corrected chi connectivity index (χ4v) is 12.3. The number of nitrogens with one attached hydrogen (secondary N) is 2. The molecule has 3 amide bonds. The second-order valence-corrected chi connectivity index (χ2v) is 18.7. The molecule has 7 rings (SSSR count). The quantitative estimate of drug-likeness (QED) is 0.101. The molecular formula is C45H74N4O5. The van der Waals surface area contributed by atoms with Crippen LogP contribution in [0.2, 0.25) is 0 Å². The maximum atomic E-state index is 13.1. The lowest BCUT2D eigenvalue weighted by Gasteiger charge is -2.39. The van der Waals surface area contributed by atoms with E-state index in [1.54, 1.807) is 4.90 Å². The number of allylic oxidation sites excluding steroid dienone is 2. The molecule has 3 saturated heterocycles. The topological polar surface area (TPSA) is 111 Å². The molecule has 4 saturated carbocycles. The van der Waals surface area contributed by atoms with E-state index in [9.17, 15) is 19.5 Å². The van der Waals surface area contributed by atoms with Gasteiger partial charge in [0.15, 0.2) is 0 Å². The Kier molecular flexibility index (Phi) is 14.6. The van der Waals surface area contributed by atoms with E-state index in [1.807, 2.05) is 11.1 Å². The van der Waals surface area contributed by atoms with Crippen LogP contribution >= 0.6 is 0 Å². The SMILES string of the molecule is CC/C(=C(\C1CCC(O)CC1)C1CCC(OCCN2CCC(CCCNC3CCC4C(=O)N(C5CCC(=O)NC5=O)CC4C3)CC2)CC1)C1CCCCC1. The van der Waals surface area contributed by atoms with Gasteiger partial charge in [0, 0.05) is 31.5 Å². The second kappa shape index (κ2) is 19.6. The van der Waals surface area contributed by atoms with E-state index in [0.29, 0.717) is 43.4 Å². The van der Waals surface area contributed by atoms with Crippen molar-refractivity contribution in [1.82, 2.24) is 20.4 Å². The Morgan fingerprint density at radius 3 is 2.26 bits per heavy atom. The average molecular weight is 751 g/mol. The van der Waals surface area contributed by atoms with Crippen molar-refractivity contribution in [1.29, 1.82) is 0 Å². The van der Waals surface area contributed by atoms with E-state index in [4.69, 9.17) is 4.74 Å². The number of carbonyl (C=O) groups is 3. The summed E-state index contributed by atoms with van der Waals surface area (Å²) < 4.78 is 6.57. The van der Waals surface area contributed by atoms with E-state index < -0.39 is 6.04 Å². The third-order valence-electron chi connectivity index (χ3n) is 15.4. The normalized spacial score (nSPS) is 35.5. The third kappa shape index (κ3) is 10.2. The Hall–Kier alpha value is -1.81. The van der Waals surface area contributed by atoms with Crippen molar-refractivity contribution in [3.05, 3.63) is 11.1 Å². The number of hydrogen-bond acceptors (Lipinski definition) is 7. The molecule has 0 spiro atoms. The molecule has 4 aliphatic carbocycles. The fraction of sp³-hybridized carbons (Fsp3) is 0.889. The first kappa shape index (κ1) is 40.4. The minimum Gasteiger partial charge on any atom is -0.393 e. The molecule has 7 fully saturated rings. The number of rotatable bonds is 14. The summed E-state index contributed by atoms with van der Waals surface area (Å²) in [7, 11) is 0. The molecule has 3 aliphatic heterocycles. The molecule has 3 heterocycles. The first-order valence-electron chi connectivity index (χ1n) is 23.0. The summed E-state index contributed by atoms with van der Waals surface area (Å²) in [4.78, 5) is 41.6. The van der Waals surface area contributed by atoms with Crippen LogP contribution in [0.5, 0.6) is 0 Å². The summed E-state index contributed by atoms with van der Waals surface area (Å²) in [5.74, 6) is 3.05. The van der Waals surface area contributed by atoms with Crippen LogP contribution in [0.3, 0.4) is 0 Å². The lowest BCUT2D eigenvalue weighted by atomic mass is 9.68. The number of amides is 3. The number of aliphatic hydroxyl groups is 1. The van der Waals surface area contributed by atoms with Crippen LogP contribution in [0.15, 0.2) is 11.1 Å². The molecule has 4 atom stereocenters. The zero-order valence-electron chi connectivity index (χ0n) is 33.8. The van der Waals surface area contributed by atoms with Crippen LogP contribution in [-0.2, 0) is 19.1 Å². The monoisotopic (exact) mass is 751 g/mol. The highest BCUT2D eigenvalue weighted by Gasteiger charge is 2.48. The van der Waals surface area contributed by atoms with Gasteiger partial charge in [0.1, 0.15) is 6.04 Å². The summed E-state index contributed by atoms with van der Waals surface area (Å²) in [6, 6.07) is -0.0143. The van der Waals surface area contributed by atoms with E-state index in [1.165, 1.54) is 116 Å². The van der Waals surface area contributed by atoms with E-state index in [2.05, 4.69) is 22.5 Å². The maximum Gasteiger partial charge on any atom is 0.249 e. The average Bonchev–Trinajstić information content (AvgIpc) is 3.52. The van der Waals surface area contributed by atoms with Gasteiger partial charge in [-0.05, 0) is 171 Å². The van der Waals surface area contributed by atoms with E-state index in [0.717, 1.165) is 69.6 Å². The summed E-state index contributed by atoms with van der Waals surface area (Å²) in [6.45, 7) is 8.46. The van der Waals surface area contributed by atoms with Gasteiger partial charge in [-0.2, -0.15) is 0 Å². The fourth-order valence-electron chi connectivity index (χ4n) is 12.3. The van der Waals surface area contributed by atoms with Crippen molar-refractivity contribution in [3.8, 4) is 0 Å². The number of nitrogens with zero attached hydrogens (tertiary/aromatic N) is 2. The predicted molar refractivity (Wildman–Crippen MR) is 212 cm³/mol. The molecule has 9 nitrogen and oxygen atoms in total. The van der Waals surface area contributed by atoms with Gasteiger partial charge in [-0.3, -0.25) is 19.7 Å². The lowest BCUT2D eigenvalue weighted by molar-refractivity contribution is -0.144. The molecule has 3 N–H and O–H groups in total. The summed E-state index contributed by atoms with van der Waals surface area (Å²) in [5.41, 5.74) is 3.70. The van der Waals surface area contributed by atoms with Crippen molar-refractivity contribution in [3.63, 3.8) is 0 Å². The largest absolute Gasteiger partial charge is 0.393 e. The summed E-state index contributed by atoms with van der Waals surface area (Å²) in [6.07, 6.45) is 26.8. The molecule has 54 heavy (non-hydrogen) atoms. The standard InChI is InChI=1S/C45H74N4O5/c1-2-39(32-8-4-3-5-9-32)43(33-10-15-37(50)16-11-33)34-12-17-38(18-13-34)54-28-27-48-25-22-31(23-26-48)7-6-24-46-36-14-19-40-35(29-36)30-49(45(40)53)41-20-21-42(51)47-44(41)52/h31-38,40-41,46,50H,2-30H2,1H3,(H,47,51,52)/b43-39-. The smallest absolute Gasteiger partial charge is 0.249 e. The third-order valence-corrected chi connectivity index (χ3v) is 15.4. The zero-order valence-corrected chi connectivity index (χ0v) is 33.8. The highest BCUT2D eigenvalue weighted by Crippen LogP contribution is 2.46. The van der Waals surface area contributed by atoms with Gasteiger partial charge in [0.25, 0.3) is 0 Å². The van der Waals surface area contributed by atoms with Crippen LogP contribution in [-0.4, -0.2) is 96.3 Å². The molecule has 0 aromatic heterocycles. The molecular weight excluding hydrogens is 677 g/mol. The Bertz CT molecular complexity index is 1270. The van der Waals surface area contributed by atoms with Crippen molar-refractivity contribution >= 4 is 17.7 Å². The maximum absolute atomic E-state index is 13.1. The number of piperidine rings is 2. The van der Waals surface area contributed by atoms with Gasteiger partial charge < -0.3 is 25.0 Å². The molecule has 0 bridgehead atoms. The van der Waals surface area contributed by atoms with Gasteiger partial charge in [0.05, 0.1) is 18.8 Å². The van der Waals surface area contributed by atoms with Gasteiger partial charge in [-0.15, -0.1) is 0 Å². The highest BCUT2D eigenvalue weighted by molar-refractivity contribution is 6.02. The molecule has 7 aliphatic rings. The summed E-state index contributed by atoms with van der Waals surface area (Å²) in [5, 5.41) is 16.5. The van der Waals surface area contributed by atoms with Crippen molar-refractivity contribution in [2.75, 3.05) is 39.3 Å². The van der Waals surface area contributed by atoms with Crippen LogP contribution in [0, 0.1) is 35.5 Å². The molecule has 0 radical (unpaired) electrons. The molecule has 304 valence electrons. The van der Waals surface area contributed by atoms with Crippen LogP contribution in [0.25, 0.3) is 0 Å². The van der Waals surface area contributed by atoms with Crippen molar-refractivity contribution in [2.45, 2.75) is 179 Å². The Labute approximate surface area is 326 Å². The number of ether oxygens (including phenoxy) is 1. The highest BCUT2D eigenvalue weighted by atomic mass is 16.5. The minimum absolute atomic E-state index is 0.0442. The van der Waals surface area contributed by atoms with Crippen LogP contribution in [0.4, 0.5) is 0 Å². The van der Waals surface area contributed by atoms with E-state index >= 15 is 0 Å². The lowest BCUT2D eigenvalue weighted by Crippen LogP contribution is -2.53. The number of carbonyl (C=O) groups excluding carboxylic acids is 3. The first-order valence-corrected chi connectivity index (χ1v) is 23.0. The van der Waals surface area contributed by atoms with Crippen molar-refractivity contribution in [2.24, 2.45) is 35.5 Å². The zero-order chi connectivity index (χ0) is 37.4. The number of hydrogen-bond donors (Lipinski definition) is 3. The van der Waals surface area contributed by atoms with Gasteiger partial charge in [0.2, 0.25) is 17.7 Å². The Balaban J connectivity index is 0.761. The first-order chi connectivity index (χ1) is 26.4. The predicted octanol–water partition coefficient (Wildman–Crippen LogP) is 6.91. The Morgan fingerprint density at radius 2 is 1.56 bits per heavy atom. The molecule has 0 aromatic carbocycles. The number of aliphatic hydroxyl groups excluding tert-OH is 1. The molecule has 4 unspecified atom stereocenters. The number of likely N-dealkylation sites (tertiary alicyclic amines) is 2. The van der Waals surface area contributed by atoms with Crippen LogP contribution in [0.1, 0.15) is 155 Å². The Morgan fingerprint density at radius 1 is 0.833 bits per heavy atom. The van der Waals surface area contributed by atoms with Crippen molar-refractivity contribution < 1.29 is 24.2 Å².